The van der Waals surface area contributed by atoms with Crippen LogP contribution in [-0.4, -0.2) is 37.0 Å². The Bertz CT molecular complexity index is 548. The molecule has 0 atom stereocenters. The lowest BCUT2D eigenvalue weighted by molar-refractivity contribution is 0.221. The van der Waals surface area contributed by atoms with Gasteiger partial charge in [0, 0.05) is 26.2 Å². The number of nitrogens with zero attached hydrogens (tertiary/aromatic N) is 2. The average molecular weight is 326 g/mol. The number of hydrogen-bond donors (Lipinski definition) is 2. The predicted octanol–water partition coefficient (Wildman–Crippen LogP) is 3.06. The number of aliphatic imine (C=N–C) groups is 1. The summed E-state index contributed by atoms with van der Waals surface area (Å²) in [6.07, 6.45) is 10.7. The fourth-order valence-electron chi connectivity index (χ4n) is 3.45. The van der Waals surface area contributed by atoms with E-state index in [0.29, 0.717) is 6.04 Å². The van der Waals surface area contributed by atoms with E-state index in [1.165, 1.54) is 43.5 Å². The first-order valence-corrected chi connectivity index (χ1v) is 9.26. The van der Waals surface area contributed by atoms with Crippen molar-refractivity contribution < 1.29 is 0 Å². The molecular weight excluding hydrogens is 296 g/mol. The largest absolute Gasteiger partial charge is 0.353 e. The van der Waals surface area contributed by atoms with E-state index in [9.17, 15) is 0 Å². The molecule has 1 heterocycles. The average Bonchev–Trinajstić information content (AvgIpc) is 3.14. The van der Waals surface area contributed by atoms with Gasteiger partial charge in [0.05, 0.1) is 0 Å². The Morgan fingerprint density at radius 1 is 1.04 bits per heavy atom. The topological polar surface area (TPSA) is 39.7 Å². The summed E-state index contributed by atoms with van der Waals surface area (Å²) in [7, 11) is 1.83. The van der Waals surface area contributed by atoms with Gasteiger partial charge in [-0.15, -0.1) is 0 Å². The first-order valence-electron chi connectivity index (χ1n) is 9.26. The molecule has 0 amide bonds. The molecule has 0 radical (unpaired) electrons. The highest BCUT2D eigenvalue weighted by molar-refractivity contribution is 5.80. The smallest absolute Gasteiger partial charge is 0.191 e. The number of hydrogen-bond acceptors (Lipinski definition) is 2. The van der Waals surface area contributed by atoms with Crippen LogP contribution in [0.4, 0.5) is 0 Å². The van der Waals surface area contributed by atoms with Crippen molar-refractivity contribution in [2.24, 2.45) is 4.99 Å². The van der Waals surface area contributed by atoms with Gasteiger partial charge in [-0.05, 0) is 49.9 Å². The summed E-state index contributed by atoms with van der Waals surface area (Å²) in [5.74, 6) is 0.890. The SMILES string of the molecule is CN=C(NCc1ccc(CN2CCCCC2)cc1)NC1CC=CC1. The highest BCUT2D eigenvalue weighted by Gasteiger charge is 2.12. The van der Waals surface area contributed by atoms with Crippen molar-refractivity contribution in [1.29, 1.82) is 0 Å². The third-order valence-electron chi connectivity index (χ3n) is 4.91. The van der Waals surface area contributed by atoms with Gasteiger partial charge in [-0.3, -0.25) is 9.89 Å². The van der Waals surface area contributed by atoms with Gasteiger partial charge in [0.25, 0.3) is 0 Å². The highest BCUT2D eigenvalue weighted by Crippen LogP contribution is 2.13. The van der Waals surface area contributed by atoms with E-state index in [1.54, 1.807) is 0 Å². The van der Waals surface area contributed by atoms with E-state index in [-0.39, 0.29) is 0 Å². The number of rotatable bonds is 5. The van der Waals surface area contributed by atoms with Crippen molar-refractivity contribution in [3.05, 3.63) is 47.5 Å². The van der Waals surface area contributed by atoms with E-state index >= 15 is 0 Å². The van der Waals surface area contributed by atoms with Gasteiger partial charge in [-0.1, -0.05) is 42.8 Å². The lowest BCUT2D eigenvalue weighted by Crippen LogP contribution is -2.42. The van der Waals surface area contributed by atoms with Crippen molar-refractivity contribution in [3.63, 3.8) is 0 Å². The van der Waals surface area contributed by atoms with Crippen molar-refractivity contribution in [2.45, 2.75) is 51.2 Å². The van der Waals surface area contributed by atoms with Crippen molar-refractivity contribution >= 4 is 5.96 Å². The molecule has 0 spiro atoms. The number of likely N-dealkylation sites (tertiary alicyclic amines) is 1. The van der Waals surface area contributed by atoms with Crippen LogP contribution in [0, 0.1) is 0 Å². The maximum atomic E-state index is 4.32. The van der Waals surface area contributed by atoms with Gasteiger partial charge >= 0.3 is 0 Å². The lowest BCUT2D eigenvalue weighted by atomic mass is 10.1. The zero-order valence-electron chi connectivity index (χ0n) is 14.8. The van der Waals surface area contributed by atoms with Crippen LogP contribution in [0.2, 0.25) is 0 Å². The summed E-state index contributed by atoms with van der Waals surface area (Å²) in [5.41, 5.74) is 2.71. The molecule has 2 aliphatic rings. The third-order valence-corrected chi connectivity index (χ3v) is 4.91. The van der Waals surface area contributed by atoms with Crippen molar-refractivity contribution in [3.8, 4) is 0 Å². The Labute approximate surface area is 146 Å². The van der Waals surface area contributed by atoms with E-state index < -0.39 is 0 Å². The summed E-state index contributed by atoms with van der Waals surface area (Å²) >= 11 is 0. The zero-order chi connectivity index (χ0) is 16.6. The van der Waals surface area contributed by atoms with Crippen LogP contribution in [0.15, 0.2) is 41.4 Å². The maximum Gasteiger partial charge on any atom is 0.191 e. The monoisotopic (exact) mass is 326 g/mol. The van der Waals surface area contributed by atoms with Gasteiger partial charge in [-0.25, -0.2) is 0 Å². The van der Waals surface area contributed by atoms with Gasteiger partial charge in [0.1, 0.15) is 0 Å². The standard InChI is InChI=1S/C20H30N4/c1-21-20(23-19-7-3-4-8-19)22-15-17-9-11-18(12-10-17)16-24-13-5-2-6-14-24/h3-4,9-12,19H,2,5-8,13-16H2,1H3,(H2,21,22,23). The summed E-state index contributed by atoms with van der Waals surface area (Å²) in [6.45, 7) is 4.40. The van der Waals surface area contributed by atoms with Crippen LogP contribution in [-0.2, 0) is 13.1 Å². The summed E-state index contributed by atoms with van der Waals surface area (Å²) in [5, 5.41) is 6.89. The second-order valence-corrected chi connectivity index (χ2v) is 6.86. The molecule has 1 aliphatic carbocycles. The maximum absolute atomic E-state index is 4.32. The molecule has 130 valence electrons. The first-order chi connectivity index (χ1) is 11.8. The van der Waals surface area contributed by atoms with Gasteiger partial charge in [0.15, 0.2) is 5.96 Å². The van der Waals surface area contributed by atoms with Crippen LogP contribution in [0.3, 0.4) is 0 Å². The van der Waals surface area contributed by atoms with Gasteiger partial charge in [0.2, 0.25) is 0 Å². The molecule has 0 aromatic heterocycles. The molecule has 24 heavy (non-hydrogen) atoms. The highest BCUT2D eigenvalue weighted by atomic mass is 15.2. The predicted molar refractivity (Wildman–Crippen MR) is 101 cm³/mol. The fourth-order valence-corrected chi connectivity index (χ4v) is 3.45. The quantitative estimate of drug-likeness (QED) is 0.496. The second-order valence-electron chi connectivity index (χ2n) is 6.86. The van der Waals surface area contributed by atoms with E-state index in [1.807, 2.05) is 7.05 Å². The minimum absolute atomic E-state index is 0.489. The lowest BCUT2D eigenvalue weighted by Gasteiger charge is -2.26. The number of piperidine rings is 1. The van der Waals surface area contributed by atoms with Crippen LogP contribution >= 0.6 is 0 Å². The Balaban J connectivity index is 1.44. The Morgan fingerprint density at radius 2 is 1.71 bits per heavy atom. The van der Waals surface area contributed by atoms with Crippen LogP contribution < -0.4 is 10.6 Å². The molecule has 1 aliphatic heterocycles. The fraction of sp³-hybridized carbons (Fsp3) is 0.550. The molecule has 4 heteroatoms. The van der Waals surface area contributed by atoms with E-state index in [4.69, 9.17) is 0 Å². The molecule has 0 bridgehead atoms. The van der Waals surface area contributed by atoms with Crippen LogP contribution in [0.1, 0.15) is 43.2 Å². The summed E-state index contributed by atoms with van der Waals surface area (Å²) in [4.78, 5) is 6.89. The molecule has 3 rings (SSSR count). The first kappa shape index (κ1) is 17.0. The third kappa shape index (κ3) is 5.10. The summed E-state index contributed by atoms with van der Waals surface area (Å²) < 4.78 is 0. The molecule has 4 nitrogen and oxygen atoms in total. The number of guanidine groups is 1. The normalized spacial score (nSPS) is 19.6. The number of benzene rings is 1. The second kappa shape index (κ2) is 8.88. The zero-order valence-corrected chi connectivity index (χ0v) is 14.8. The molecule has 1 saturated heterocycles. The minimum atomic E-state index is 0.489. The van der Waals surface area contributed by atoms with Gasteiger partial charge < -0.3 is 10.6 Å². The minimum Gasteiger partial charge on any atom is -0.353 e. The van der Waals surface area contributed by atoms with Gasteiger partial charge in [-0.2, -0.15) is 0 Å². The van der Waals surface area contributed by atoms with Crippen molar-refractivity contribution in [1.82, 2.24) is 15.5 Å². The Morgan fingerprint density at radius 3 is 2.38 bits per heavy atom. The molecule has 1 aromatic carbocycles. The Kier molecular flexibility index (Phi) is 6.30. The molecule has 2 N–H and O–H groups in total. The molecule has 1 fully saturated rings. The van der Waals surface area contributed by atoms with Crippen molar-refractivity contribution in [2.75, 3.05) is 20.1 Å². The molecule has 0 unspecified atom stereocenters. The summed E-state index contributed by atoms with van der Waals surface area (Å²) in [6, 6.07) is 9.49. The molecular formula is C20H30N4. The molecule has 0 saturated carbocycles. The number of nitrogens with one attached hydrogen (secondary N) is 2. The van der Waals surface area contributed by atoms with Crippen LogP contribution in [0.5, 0.6) is 0 Å². The van der Waals surface area contributed by atoms with E-state index in [2.05, 4.69) is 56.9 Å². The molecule has 1 aromatic rings. The van der Waals surface area contributed by atoms with E-state index in [0.717, 1.165) is 31.9 Å². The Hall–Kier alpha value is -1.81. The van der Waals surface area contributed by atoms with Crippen LogP contribution in [0.25, 0.3) is 0 Å².